The first-order valence-electron chi connectivity index (χ1n) is 8.67. The smallest absolute Gasteiger partial charge is 0.407 e. The van der Waals surface area contributed by atoms with Crippen LogP contribution in [0.2, 0.25) is 5.15 Å². The monoisotopic (exact) mass is 384 g/mol. The van der Waals surface area contributed by atoms with Crippen LogP contribution in [0.5, 0.6) is 0 Å². The van der Waals surface area contributed by atoms with Crippen LogP contribution in [0.3, 0.4) is 0 Å². The van der Waals surface area contributed by atoms with Crippen LogP contribution in [0, 0.1) is 0 Å². The minimum absolute atomic E-state index is 0.137. The molecule has 1 heterocycles. The summed E-state index contributed by atoms with van der Waals surface area (Å²) in [6.45, 7) is 11.6. The molecule has 0 spiro atoms. The molecule has 0 fully saturated rings. The zero-order valence-electron chi connectivity index (χ0n) is 16.3. The molecule has 1 aromatic heterocycles. The van der Waals surface area contributed by atoms with Crippen LogP contribution in [-0.2, 0) is 4.74 Å². The molecule has 0 aliphatic carbocycles. The van der Waals surface area contributed by atoms with Gasteiger partial charge in [-0.15, -0.1) is 0 Å². The summed E-state index contributed by atoms with van der Waals surface area (Å²) in [6.07, 6.45) is 1.55. The predicted molar refractivity (Wildman–Crippen MR) is 104 cm³/mol. The van der Waals surface area contributed by atoms with Crippen LogP contribution in [0.4, 0.5) is 10.5 Å². The Morgan fingerprint density at radius 2 is 1.92 bits per heavy atom. The maximum Gasteiger partial charge on any atom is 0.407 e. The van der Waals surface area contributed by atoms with Gasteiger partial charge in [0, 0.05) is 24.8 Å². The largest absolute Gasteiger partial charge is 0.444 e. The maximum absolute atomic E-state index is 12.4. The van der Waals surface area contributed by atoms with Crippen LogP contribution >= 0.6 is 11.6 Å². The number of carbonyl (C=O) groups is 2. The number of alkyl carbamates (subject to hydrolysis) is 1. The fourth-order valence-corrected chi connectivity index (χ4v) is 2.28. The molecule has 7 nitrogen and oxygen atoms in total. The number of pyridine rings is 1. The molecule has 1 atom stereocenters. The molecule has 0 aromatic carbocycles. The molecule has 1 rings (SSSR count). The highest BCUT2D eigenvalue weighted by molar-refractivity contribution is 6.29. The van der Waals surface area contributed by atoms with Gasteiger partial charge in [-0.05, 0) is 54.0 Å². The number of hydrogen-bond donors (Lipinski definition) is 3. The van der Waals surface area contributed by atoms with Crippen molar-refractivity contribution in [3.63, 3.8) is 0 Å². The summed E-state index contributed by atoms with van der Waals surface area (Å²) in [4.78, 5) is 28.1. The first kappa shape index (κ1) is 22.0. The van der Waals surface area contributed by atoms with Gasteiger partial charge in [0.25, 0.3) is 5.91 Å². The lowest BCUT2D eigenvalue weighted by molar-refractivity contribution is 0.0507. The summed E-state index contributed by atoms with van der Waals surface area (Å²) in [5.74, 6) is -0.248. The van der Waals surface area contributed by atoms with Crippen LogP contribution in [0.1, 0.15) is 58.3 Å². The first-order chi connectivity index (χ1) is 12.0. The van der Waals surface area contributed by atoms with Gasteiger partial charge in [-0.1, -0.05) is 11.6 Å². The third-order valence-corrected chi connectivity index (χ3v) is 3.39. The fourth-order valence-electron chi connectivity index (χ4n) is 2.12. The van der Waals surface area contributed by atoms with Gasteiger partial charge in [0.1, 0.15) is 10.8 Å². The number of aromatic nitrogens is 1. The van der Waals surface area contributed by atoms with Crippen LogP contribution in [0.15, 0.2) is 12.3 Å². The number of ether oxygens (including phenoxy) is 1. The number of hydrogen-bond acceptors (Lipinski definition) is 5. The molecule has 0 radical (unpaired) electrons. The lowest BCUT2D eigenvalue weighted by atomic mass is 10.2. The summed E-state index contributed by atoms with van der Waals surface area (Å²) >= 11 is 5.91. The number of nitrogens with one attached hydrogen (secondary N) is 3. The second kappa shape index (κ2) is 9.62. The van der Waals surface area contributed by atoms with E-state index in [9.17, 15) is 9.59 Å². The molecule has 3 N–H and O–H groups in total. The fraction of sp³-hybridized carbons (Fsp3) is 0.611. The predicted octanol–water partition coefficient (Wildman–Crippen LogP) is 3.59. The van der Waals surface area contributed by atoms with Gasteiger partial charge in [-0.2, -0.15) is 0 Å². The van der Waals surface area contributed by atoms with E-state index in [1.165, 1.54) is 6.20 Å². The number of nitrogens with zero attached hydrogens (tertiary/aromatic N) is 1. The number of halogens is 1. The molecular formula is C18H29ClN4O3. The van der Waals surface area contributed by atoms with Gasteiger partial charge < -0.3 is 20.7 Å². The highest BCUT2D eigenvalue weighted by Gasteiger charge is 2.18. The minimum atomic E-state index is -0.542. The van der Waals surface area contributed by atoms with Crippen molar-refractivity contribution in [3.05, 3.63) is 23.0 Å². The van der Waals surface area contributed by atoms with E-state index in [-0.39, 0.29) is 18.0 Å². The van der Waals surface area contributed by atoms with E-state index in [0.29, 0.717) is 29.4 Å². The van der Waals surface area contributed by atoms with Gasteiger partial charge in [-0.3, -0.25) is 4.79 Å². The van der Waals surface area contributed by atoms with Crippen molar-refractivity contribution in [2.24, 2.45) is 0 Å². The molecule has 0 aliphatic heterocycles. The van der Waals surface area contributed by atoms with E-state index in [4.69, 9.17) is 16.3 Å². The third kappa shape index (κ3) is 8.38. The van der Waals surface area contributed by atoms with E-state index in [0.717, 1.165) is 0 Å². The van der Waals surface area contributed by atoms with Crippen LogP contribution in [0.25, 0.3) is 0 Å². The SMILES string of the molecule is CC(C)Nc1cc(Cl)ncc1C(=O)NCCC(C)NC(=O)OC(C)(C)C. The zero-order chi connectivity index (χ0) is 19.9. The average Bonchev–Trinajstić information content (AvgIpc) is 2.44. The molecule has 146 valence electrons. The Morgan fingerprint density at radius 1 is 1.27 bits per heavy atom. The second-order valence-electron chi connectivity index (χ2n) is 7.44. The van der Waals surface area contributed by atoms with Crippen molar-refractivity contribution >= 4 is 29.3 Å². The van der Waals surface area contributed by atoms with Crippen molar-refractivity contribution < 1.29 is 14.3 Å². The van der Waals surface area contributed by atoms with Crippen molar-refractivity contribution in [2.75, 3.05) is 11.9 Å². The highest BCUT2D eigenvalue weighted by atomic mass is 35.5. The molecule has 0 aliphatic rings. The number of anilines is 1. The van der Waals surface area contributed by atoms with Gasteiger partial charge in [0.2, 0.25) is 0 Å². The van der Waals surface area contributed by atoms with Crippen molar-refractivity contribution in [3.8, 4) is 0 Å². The molecule has 1 unspecified atom stereocenters. The van der Waals surface area contributed by atoms with E-state index in [1.807, 2.05) is 20.8 Å². The Kier molecular flexibility index (Phi) is 8.14. The van der Waals surface area contributed by atoms with Crippen molar-refractivity contribution in [2.45, 2.75) is 65.6 Å². The quantitative estimate of drug-likeness (QED) is 0.625. The molecule has 0 bridgehead atoms. The topological polar surface area (TPSA) is 92.4 Å². The normalized spacial score (nSPS) is 12.5. The molecule has 0 saturated heterocycles. The number of rotatable bonds is 7. The van der Waals surface area contributed by atoms with E-state index in [1.54, 1.807) is 26.8 Å². The van der Waals surface area contributed by atoms with Crippen molar-refractivity contribution in [1.82, 2.24) is 15.6 Å². The molecule has 26 heavy (non-hydrogen) atoms. The summed E-state index contributed by atoms with van der Waals surface area (Å²) < 4.78 is 5.20. The first-order valence-corrected chi connectivity index (χ1v) is 9.05. The Bertz CT molecular complexity index is 629. The van der Waals surface area contributed by atoms with Crippen LogP contribution in [-0.4, -0.2) is 41.2 Å². The number of carbonyl (C=O) groups excluding carboxylic acids is 2. The molecular weight excluding hydrogens is 356 g/mol. The lowest BCUT2D eigenvalue weighted by Crippen LogP contribution is -2.39. The summed E-state index contributed by atoms with van der Waals surface area (Å²) in [5, 5.41) is 9.07. The molecule has 1 aromatic rings. The Hall–Kier alpha value is -2.02. The zero-order valence-corrected chi connectivity index (χ0v) is 17.0. The van der Waals surface area contributed by atoms with Gasteiger partial charge in [0.15, 0.2) is 0 Å². The minimum Gasteiger partial charge on any atom is -0.444 e. The maximum atomic E-state index is 12.4. The van der Waals surface area contributed by atoms with Gasteiger partial charge in [0.05, 0.1) is 11.3 Å². The summed E-state index contributed by atoms with van der Waals surface area (Å²) in [6, 6.07) is 1.64. The third-order valence-electron chi connectivity index (χ3n) is 3.19. The Labute approximate surface area is 160 Å². The molecule has 0 saturated carbocycles. The summed E-state index contributed by atoms with van der Waals surface area (Å²) in [7, 11) is 0. The summed E-state index contributed by atoms with van der Waals surface area (Å²) in [5.41, 5.74) is 0.521. The lowest BCUT2D eigenvalue weighted by Gasteiger charge is -2.22. The van der Waals surface area contributed by atoms with Gasteiger partial charge >= 0.3 is 6.09 Å². The van der Waals surface area contributed by atoms with Crippen molar-refractivity contribution in [1.29, 1.82) is 0 Å². The van der Waals surface area contributed by atoms with E-state index in [2.05, 4.69) is 20.9 Å². The van der Waals surface area contributed by atoms with E-state index < -0.39 is 11.7 Å². The Morgan fingerprint density at radius 3 is 2.50 bits per heavy atom. The van der Waals surface area contributed by atoms with E-state index >= 15 is 0 Å². The number of amides is 2. The van der Waals surface area contributed by atoms with Crippen LogP contribution < -0.4 is 16.0 Å². The average molecular weight is 385 g/mol. The highest BCUT2D eigenvalue weighted by Crippen LogP contribution is 2.19. The standard InChI is InChI=1S/C18H29ClN4O3/c1-11(2)22-14-9-15(19)21-10-13(14)16(24)20-8-7-12(3)23-17(25)26-18(4,5)6/h9-12H,7-8H2,1-6H3,(H,20,24)(H,21,22)(H,23,25). The molecule has 8 heteroatoms. The molecule has 2 amide bonds. The van der Waals surface area contributed by atoms with Gasteiger partial charge in [-0.25, -0.2) is 9.78 Å². The second-order valence-corrected chi connectivity index (χ2v) is 7.83. The Balaban J connectivity index is 2.53.